The first-order chi connectivity index (χ1) is 10.1. The van der Waals surface area contributed by atoms with Crippen molar-refractivity contribution in [3.63, 3.8) is 0 Å². The average Bonchev–Trinajstić information content (AvgIpc) is 2.85. The van der Waals surface area contributed by atoms with E-state index in [0.29, 0.717) is 32.1 Å². The summed E-state index contributed by atoms with van der Waals surface area (Å²) < 4.78 is 13.6. The highest BCUT2D eigenvalue weighted by Gasteiger charge is 2.17. The van der Waals surface area contributed by atoms with Crippen molar-refractivity contribution in [2.75, 3.05) is 0 Å². The Bertz CT molecular complexity index is 841. The Kier molecular flexibility index (Phi) is 3.70. The molecule has 3 aromatic rings. The molecule has 0 saturated carbocycles. The summed E-state index contributed by atoms with van der Waals surface area (Å²) in [7, 11) is 0. The molecule has 0 radical (unpaired) electrons. The summed E-state index contributed by atoms with van der Waals surface area (Å²) in [5.41, 5.74) is 1.49. The van der Waals surface area contributed by atoms with E-state index in [-0.39, 0.29) is 18.0 Å². The second kappa shape index (κ2) is 5.51. The van der Waals surface area contributed by atoms with Crippen molar-refractivity contribution in [3.8, 4) is 0 Å². The fraction of sp³-hybridized carbons (Fsp3) is 0.0625. The second-order valence-electron chi connectivity index (χ2n) is 4.70. The molecule has 1 N–H and O–H groups in total. The zero-order chi connectivity index (χ0) is 15.0. The summed E-state index contributed by atoms with van der Waals surface area (Å²) >= 11 is 12.1. The van der Waals surface area contributed by atoms with Crippen LogP contribution in [-0.4, -0.2) is 10.8 Å². The Labute approximate surface area is 130 Å². The quantitative estimate of drug-likeness (QED) is 0.673. The monoisotopic (exact) mass is 321 g/mol. The maximum atomic E-state index is 13.6. The number of H-pyrrole nitrogens is 1. The van der Waals surface area contributed by atoms with Gasteiger partial charge in [-0.1, -0.05) is 41.4 Å². The Balaban J connectivity index is 2.01. The first kappa shape index (κ1) is 14.1. The first-order valence-corrected chi connectivity index (χ1v) is 7.04. The topological polar surface area (TPSA) is 32.9 Å². The van der Waals surface area contributed by atoms with Crippen LogP contribution in [0.4, 0.5) is 4.39 Å². The Morgan fingerprint density at radius 1 is 1.19 bits per heavy atom. The lowest BCUT2D eigenvalue weighted by atomic mass is 10.0. The van der Waals surface area contributed by atoms with Crippen LogP contribution in [0.25, 0.3) is 10.9 Å². The van der Waals surface area contributed by atoms with Crippen LogP contribution in [0.1, 0.15) is 15.9 Å². The van der Waals surface area contributed by atoms with Crippen LogP contribution in [0, 0.1) is 5.82 Å². The number of carbonyl (C=O) groups excluding carboxylic acids is 1. The smallest absolute Gasteiger partial charge is 0.169 e. The van der Waals surface area contributed by atoms with Crippen molar-refractivity contribution in [3.05, 3.63) is 69.6 Å². The van der Waals surface area contributed by atoms with Gasteiger partial charge in [0.25, 0.3) is 0 Å². The van der Waals surface area contributed by atoms with E-state index in [1.54, 1.807) is 36.5 Å². The van der Waals surface area contributed by atoms with E-state index >= 15 is 0 Å². The number of hydrogen-bond acceptors (Lipinski definition) is 1. The maximum Gasteiger partial charge on any atom is 0.169 e. The van der Waals surface area contributed by atoms with Gasteiger partial charge < -0.3 is 4.98 Å². The van der Waals surface area contributed by atoms with Crippen LogP contribution in [0.15, 0.2) is 42.6 Å². The zero-order valence-electron chi connectivity index (χ0n) is 10.8. The summed E-state index contributed by atoms with van der Waals surface area (Å²) in [6.45, 7) is 0. The van der Waals surface area contributed by atoms with Gasteiger partial charge >= 0.3 is 0 Å². The lowest BCUT2D eigenvalue weighted by Gasteiger charge is -2.03. The molecule has 0 saturated heterocycles. The van der Waals surface area contributed by atoms with Crippen LogP contribution >= 0.6 is 23.2 Å². The van der Waals surface area contributed by atoms with E-state index in [9.17, 15) is 9.18 Å². The standard InChI is InChI=1S/C16H10Cl2FNO/c17-10-6-12(18)16-11(8-20-14(16)7-10)15(21)5-9-3-1-2-4-13(9)19/h1-4,6-8,20H,5H2. The summed E-state index contributed by atoms with van der Waals surface area (Å²) in [4.78, 5) is 15.4. The van der Waals surface area contributed by atoms with Crippen LogP contribution in [0.3, 0.4) is 0 Å². The average molecular weight is 322 g/mol. The van der Waals surface area contributed by atoms with Gasteiger partial charge in [0, 0.05) is 34.1 Å². The number of rotatable bonds is 3. The summed E-state index contributed by atoms with van der Waals surface area (Å²) in [5.74, 6) is -0.588. The maximum absolute atomic E-state index is 13.6. The molecule has 0 bridgehead atoms. The van der Waals surface area contributed by atoms with E-state index in [4.69, 9.17) is 23.2 Å². The van der Waals surface area contributed by atoms with Gasteiger partial charge in [-0.25, -0.2) is 4.39 Å². The number of Topliss-reactive ketones (excluding diaryl/α,β-unsaturated/α-hetero) is 1. The molecule has 3 rings (SSSR count). The van der Waals surface area contributed by atoms with Crippen molar-refractivity contribution >= 4 is 39.9 Å². The lowest BCUT2D eigenvalue weighted by molar-refractivity contribution is 0.0993. The predicted octanol–water partition coefficient (Wildman–Crippen LogP) is 5.04. The van der Waals surface area contributed by atoms with E-state index < -0.39 is 0 Å². The molecule has 0 fully saturated rings. The number of halogens is 3. The molecule has 0 unspecified atom stereocenters. The highest BCUT2D eigenvalue weighted by atomic mass is 35.5. The molecule has 5 heteroatoms. The van der Waals surface area contributed by atoms with Crippen LogP contribution in [0.2, 0.25) is 10.0 Å². The number of benzene rings is 2. The predicted molar refractivity (Wildman–Crippen MR) is 82.8 cm³/mol. The van der Waals surface area contributed by atoms with Gasteiger partial charge in [-0.05, 0) is 23.8 Å². The normalized spacial score (nSPS) is 11.0. The van der Waals surface area contributed by atoms with Gasteiger partial charge in [-0.2, -0.15) is 0 Å². The molecule has 1 aromatic heterocycles. The van der Waals surface area contributed by atoms with E-state index in [1.165, 1.54) is 6.07 Å². The van der Waals surface area contributed by atoms with Gasteiger partial charge in [0.05, 0.1) is 5.02 Å². The number of nitrogens with one attached hydrogen (secondary N) is 1. The Morgan fingerprint density at radius 3 is 2.71 bits per heavy atom. The number of aromatic nitrogens is 1. The molecule has 0 aliphatic heterocycles. The van der Waals surface area contributed by atoms with Gasteiger partial charge in [0.1, 0.15) is 5.82 Å². The molecule has 2 aromatic carbocycles. The highest BCUT2D eigenvalue weighted by molar-refractivity contribution is 6.39. The molecule has 0 aliphatic rings. The number of hydrogen-bond donors (Lipinski definition) is 1. The SMILES string of the molecule is O=C(Cc1ccccc1F)c1c[nH]c2cc(Cl)cc(Cl)c12. The number of aromatic amines is 1. The molecule has 21 heavy (non-hydrogen) atoms. The van der Waals surface area contributed by atoms with Gasteiger partial charge in [-0.15, -0.1) is 0 Å². The van der Waals surface area contributed by atoms with Gasteiger partial charge in [0.15, 0.2) is 5.78 Å². The molecule has 0 amide bonds. The van der Waals surface area contributed by atoms with Crippen LogP contribution in [0.5, 0.6) is 0 Å². The third kappa shape index (κ3) is 2.67. The minimum Gasteiger partial charge on any atom is -0.360 e. The third-order valence-corrected chi connectivity index (χ3v) is 3.82. The number of carbonyl (C=O) groups is 1. The van der Waals surface area contributed by atoms with Crippen molar-refractivity contribution < 1.29 is 9.18 Å². The fourth-order valence-electron chi connectivity index (χ4n) is 2.31. The molecular formula is C16H10Cl2FNO. The number of ketones is 1. The molecular weight excluding hydrogens is 312 g/mol. The summed E-state index contributed by atoms with van der Waals surface area (Å²) in [6.07, 6.45) is 1.56. The van der Waals surface area contributed by atoms with Crippen molar-refractivity contribution in [2.45, 2.75) is 6.42 Å². The van der Waals surface area contributed by atoms with Gasteiger partial charge in [-0.3, -0.25) is 4.79 Å². The zero-order valence-corrected chi connectivity index (χ0v) is 12.3. The first-order valence-electron chi connectivity index (χ1n) is 6.29. The number of fused-ring (bicyclic) bond motifs is 1. The largest absolute Gasteiger partial charge is 0.360 e. The van der Waals surface area contributed by atoms with Crippen molar-refractivity contribution in [2.24, 2.45) is 0 Å². The molecule has 1 heterocycles. The van der Waals surface area contributed by atoms with E-state index in [1.807, 2.05) is 0 Å². The molecule has 2 nitrogen and oxygen atoms in total. The minimum atomic E-state index is -0.389. The van der Waals surface area contributed by atoms with Crippen LogP contribution in [-0.2, 0) is 6.42 Å². The second-order valence-corrected chi connectivity index (χ2v) is 5.55. The Morgan fingerprint density at radius 2 is 1.95 bits per heavy atom. The third-order valence-electron chi connectivity index (χ3n) is 3.31. The molecule has 0 aliphatic carbocycles. The molecule has 0 spiro atoms. The van der Waals surface area contributed by atoms with E-state index in [2.05, 4.69) is 4.98 Å². The summed E-state index contributed by atoms with van der Waals surface area (Å²) in [6, 6.07) is 9.51. The highest BCUT2D eigenvalue weighted by Crippen LogP contribution is 2.31. The fourth-order valence-corrected chi connectivity index (χ4v) is 2.91. The summed E-state index contributed by atoms with van der Waals surface area (Å²) in [5, 5.41) is 1.50. The van der Waals surface area contributed by atoms with Gasteiger partial charge in [0.2, 0.25) is 0 Å². The molecule has 0 atom stereocenters. The molecule has 106 valence electrons. The van der Waals surface area contributed by atoms with E-state index in [0.717, 1.165) is 0 Å². The van der Waals surface area contributed by atoms with Crippen molar-refractivity contribution in [1.82, 2.24) is 4.98 Å². The lowest BCUT2D eigenvalue weighted by Crippen LogP contribution is -2.04. The Hall–Kier alpha value is -1.84. The minimum absolute atomic E-state index is 0.0153. The van der Waals surface area contributed by atoms with Crippen molar-refractivity contribution in [1.29, 1.82) is 0 Å². The van der Waals surface area contributed by atoms with Crippen LogP contribution < -0.4 is 0 Å².